The zero-order valence-corrected chi connectivity index (χ0v) is 17.8. The van der Waals surface area contributed by atoms with Gasteiger partial charge in [-0.2, -0.15) is 0 Å². The summed E-state index contributed by atoms with van der Waals surface area (Å²) in [5.74, 6) is 2.12. The molecule has 1 saturated carbocycles. The summed E-state index contributed by atoms with van der Waals surface area (Å²) in [5, 5.41) is 12.9. The van der Waals surface area contributed by atoms with Crippen LogP contribution in [-0.2, 0) is 4.79 Å². The van der Waals surface area contributed by atoms with Crippen molar-refractivity contribution < 1.29 is 4.79 Å². The highest BCUT2D eigenvalue weighted by atomic mass is 32.2. The zero-order chi connectivity index (χ0) is 19.7. The van der Waals surface area contributed by atoms with Gasteiger partial charge in [-0.25, -0.2) is 0 Å². The SMILES string of the molecule is Cc1cccc(C)c1NC(=O)CSc1nnc(N2CCC(C)CC2)n1C1CC1. The number of rotatable bonds is 6. The molecule has 0 unspecified atom stereocenters. The fourth-order valence-corrected chi connectivity index (χ4v) is 4.56. The monoisotopic (exact) mass is 399 g/mol. The van der Waals surface area contributed by atoms with Gasteiger partial charge in [-0.05, 0) is 56.6 Å². The van der Waals surface area contributed by atoms with Gasteiger partial charge in [0.2, 0.25) is 11.9 Å². The number of piperidine rings is 1. The highest BCUT2D eigenvalue weighted by Crippen LogP contribution is 2.41. The first-order valence-electron chi connectivity index (χ1n) is 10.2. The number of para-hydroxylation sites is 1. The number of nitrogens with zero attached hydrogens (tertiary/aromatic N) is 4. The maximum Gasteiger partial charge on any atom is 0.234 e. The predicted molar refractivity (Wildman–Crippen MR) is 114 cm³/mol. The van der Waals surface area contributed by atoms with E-state index in [0.717, 1.165) is 46.9 Å². The van der Waals surface area contributed by atoms with Crippen LogP contribution in [0.4, 0.5) is 11.6 Å². The number of hydrogen-bond donors (Lipinski definition) is 1. The summed E-state index contributed by atoms with van der Waals surface area (Å²) in [4.78, 5) is 14.9. The Morgan fingerprint density at radius 2 is 1.82 bits per heavy atom. The van der Waals surface area contributed by atoms with E-state index in [2.05, 4.69) is 31.9 Å². The van der Waals surface area contributed by atoms with Crippen LogP contribution in [0.5, 0.6) is 0 Å². The van der Waals surface area contributed by atoms with E-state index in [1.807, 2.05) is 32.0 Å². The normalized spacial score (nSPS) is 17.8. The second kappa shape index (κ2) is 8.15. The van der Waals surface area contributed by atoms with Crippen LogP contribution in [-0.4, -0.2) is 39.5 Å². The van der Waals surface area contributed by atoms with Gasteiger partial charge in [0.15, 0.2) is 5.16 Å². The highest BCUT2D eigenvalue weighted by Gasteiger charge is 2.32. The van der Waals surface area contributed by atoms with Crippen LogP contribution in [0.15, 0.2) is 23.4 Å². The number of aryl methyl sites for hydroxylation is 2. The molecule has 28 heavy (non-hydrogen) atoms. The van der Waals surface area contributed by atoms with E-state index in [1.54, 1.807) is 0 Å². The van der Waals surface area contributed by atoms with Crippen LogP contribution in [0.2, 0.25) is 0 Å². The molecule has 2 aliphatic rings. The molecule has 7 heteroatoms. The fourth-order valence-electron chi connectivity index (χ4n) is 3.76. The second-order valence-electron chi connectivity index (χ2n) is 8.16. The number of thioether (sulfide) groups is 1. The molecule has 6 nitrogen and oxygen atoms in total. The Morgan fingerprint density at radius 3 is 2.46 bits per heavy atom. The number of carbonyl (C=O) groups excluding carboxylic acids is 1. The lowest BCUT2D eigenvalue weighted by molar-refractivity contribution is -0.113. The summed E-state index contributed by atoms with van der Waals surface area (Å²) in [6.45, 7) is 8.45. The third kappa shape index (κ3) is 4.19. The van der Waals surface area contributed by atoms with Crippen LogP contribution in [0.3, 0.4) is 0 Å². The van der Waals surface area contributed by atoms with Crippen LogP contribution in [0.25, 0.3) is 0 Å². The number of aromatic nitrogens is 3. The summed E-state index contributed by atoms with van der Waals surface area (Å²) in [5.41, 5.74) is 3.09. The molecule has 0 radical (unpaired) electrons. The van der Waals surface area contributed by atoms with Gasteiger partial charge in [-0.3, -0.25) is 9.36 Å². The molecule has 1 aromatic heterocycles. The van der Waals surface area contributed by atoms with E-state index in [4.69, 9.17) is 0 Å². The number of hydrogen-bond acceptors (Lipinski definition) is 5. The van der Waals surface area contributed by atoms with Crippen molar-refractivity contribution in [1.82, 2.24) is 14.8 Å². The van der Waals surface area contributed by atoms with Crippen molar-refractivity contribution in [3.8, 4) is 0 Å². The van der Waals surface area contributed by atoms with Crippen molar-refractivity contribution in [3.05, 3.63) is 29.3 Å². The molecule has 1 amide bonds. The molecule has 2 fully saturated rings. The molecular formula is C21H29N5OS. The Hall–Kier alpha value is -2.02. The van der Waals surface area contributed by atoms with Crippen molar-refractivity contribution in [1.29, 1.82) is 0 Å². The minimum Gasteiger partial charge on any atom is -0.341 e. The first-order valence-corrected chi connectivity index (χ1v) is 11.2. The van der Waals surface area contributed by atoms with E-state index >= 15 is 0 Å². The molecule has 4 rings (SSSR count). The Labute approximate surface area is 171 Å². The third-order valence-electron chi connectivity index (χ3n) is 5.70. The average Bonchev–Trinajstić information content (AvgIpc) is 3.43. The zero-order valence-electron chi connectivity index (χ0n) is 16.9. The van der Waals surface area contributed by atoms with Crippen LogP contribution in [0, 0.1) is 19.8 Å². The lowest BCUT2D eigenvalue weighted by Crippen LogP contribution is -2.34. The lowest BCUT2D eigenvalue weighted by Gasteiger charge is -2.31. The molecule has 0 spiro atoms. The molecule has 1 aromatic carbocycles. The first kappa shape index (κ1) is 19.3. The summed E-state index contributed by atoms with van der Waals surface area (Å²) in [6.07, 6.45) is 4.77. The van der Waals surface area contributed by atoms with Gasteiger partial charge in [0.25, 0.3) is 0 Å². The Bertz CT molecular complexity index is 832. The van der Waals surface area contributed by atoms with Crippen LogP contribution < -0.4 is 10.2 Å². The molecule has 1 aliphatic heterocycles. The summed E-state index contributed by atoms with van der Waals surface area (Å²) < 4.78 is 2.27. The molecule has 1 aliphatic carbocycles. The van der Waals surface area contributed by atoms with Crippen molar-refractivity contribution >= 4 is 29.3 Å². The van der Waals surface area contributed by atoms with Gasteiger partial charge < -0.3 is 10.2 Å². The van der Waals surface area contributed by atoms with Gasteiger partial charge in [-0.15, -0.1) is 10.2 Å². The Morgan fingerprint density at radius 1 is 1.14 bits per heavy atom. The average molecular weight is 400 g/mol. The van der Waals surface area contributed by atoms with Gasteiger partial charge >= 0.3 is 0 Å². The quantitative estimate of drug-likeness (QED) is 0.738. The molecule has 150 valence electrons. The van der Waals surface area contributed by atoms with E-state index < -0.39 is 0 Å². The predicted octanol–water partition coefficient (Wildman–Crippen LogP) is 4.20. The number of anilines is 2. The molecule has 1 N–H and O–H groups in total. The Kier molecular flexibility index (Phi) is 5.62. The number of amides is 1. The van der Waals surface area contributed by atoms with E-state index in [1.165, 1.54) is 37.4 Å². The van der Waals surface area contributed by atoms with Gasteiger partial charge in [0, 0.05) is 24.8 Å². The molecule has 0 atom stereocenters. The van der Waals surface area contributed by atoms with Gasteiger partial charge in [-0.1, -0.05) is 36.9 Å². The van der Waals surface area contributed by atoms with Crippen molar-refractivity contribution in [2.75, 3.05) is 29.1 Å². The van der Waals surface area contributed by atoms with Gasteiger partial charge in [0.05, 0.1) is 5.75 Å². The largest absolute Gasteiger partial charge is 0.341 e. The van der Waals surface area contributed by atoms with Crippen molar-refractivity contribution in [3.63, 3.8) is 0 Å². The maximum absolute atomic E-state index is 12.5. The van der Waals surface area contributed by atoms with Crippen LogP contribution >= 0.6 is 11.8 Å². The lowest BCUT2D eigenvalue weighted by atomic mass is 10.00. The minimum atomic E-state index is 0.00101. The summed E-state index contributed by atoms with van der Waals surface area (Å²) in [7, 11) is 0. The van der Waals surface area contributed by atoms with Crippen molar-refractivity contribution in [2.45, 2.75) is 57.7 Å². The first-order chi connectivity index (χ1) is 13.5. The minimum absolute atomic E-state index is 0.00101. The third-order valence-corrected chi connectivity index (χ3v) is 6.65. The van der Waals surface area contributed by atoms with Crippen molar-refractivity contribution in [2.24, 2.45) is 5.92 Å². The molecule has 0 bridgehead atoms. The van der Waals surface area contributed by atoms with E-state index in [9.17, 15) is 4.79 Å². The summed E-state index contributed by atoms with van der Waals surface area (Å²) >= 11 is 1.49. The maximum atomic E-state index is 12.5. The summed E-state index contributed by atoms with van der Waals surface area (Å²) in [6, 6.07) is 6.54. The number of benzene rings is 1. The standard InChI is InChI=1S/C21H29N5OS/c1-14-9-11-25(12-10-14)20-23-24-21(26(20)17-7-8-17)28-13-18(27)22-19-15(2)5-4-6-16(19)3/h4-6,14,17H,7-13H2,1-3H3,(H,22,27). The second-order valence-corrected chi connectivity index (χ2v) is 9.10. The van der Waals surface area contributed by atoms with E-state index in [0.29, 0.717) is 11.8 Å². The van der Waals surface area contributed by atoms with Crippen LogP contribution in [0.1, 0.15) is 49.8 Å². The molecule has 1 saturated heterocycles. The Balaban J connectivity index is 1.43. The van der Waals surface area contributed by atoms with E-state index in [-0.39, 0.29) is 5.91 Å². The van der Waals surface area contributed by atoms with Gasteiger partial charge in [0.1, 0.15) is 0 Å². The number of carbonyl (C=O) groups is 1. The fraction of sp³-hybridized carbons (Fsp3) is 0.571. The topological polar surface area (TPSA) is 63.1 Å². The molecular weight excluding hydrogens is 370 g/mol. The number of nitrogens with one attached hydrogen (secondary N) is 1. The molecule has 2 heterocycles. The smallest absolute Gasteiger partial charge is 0.234 e. The molecule has 2 aromatic rings. The highest BCUT2D eigenvalue weighted by molar-refractivity contribution is 7.99.